The molecule has 7 heteroatoms. The molecule has 17 heavy (non-hydrogen) atoms. The molecule has 0 aliphatic heterocycles. The standard InChI is InChI=1S/C9H6BrFN2O.CH2O2/c1-4(14)5-2-12-8-7(5)6(11)3-13-9(8)10;2-1-3/h2-3,12H,1H3;1H,(H,2,3). The number of hydrogen-bond donors (Lipinski definition) is 2. The third-order valence-electron chi connectivity index (χ3n) is 2.00. The lowest BCUT2D eigenvalue weighted by atomic mass is 10.1. The quantitative estimate of drug-likeness (QED) is 0.481. The van der Waals surface area contributed by atoms with E-state index in [1.54, 1.807) is 0 Å². The van der Waals surface area contributed by atoms with E-state index in [0.29, 0.717) is 21.1 Å². The Labute approximate surface area is 104 Å². The number of carbonyl (C=O) groups is 2. The number of H-pyrrole nitrogens is 1. The third-order valence-corrected chi connectivity index (χ3v) is 2.60. The van der Waals surface area contributed by atoms with Crippen LogP contribution >= 0.6 is 15.9 Å². The topological polar surface area (TPSA) is 83.0 Å². The highest BCUT2D eigenvalue weighted by atomic mass is 79.9. The number of rotatable bonds is 1. The van der Waals surface area contributed by atoms with Gasteiger partial charge in [-0.15, -0.1) is 0 Å². The fraction of sp³-hybridized carbons (Fsp3) is 0.100. The first-order valence-electron chi connectivity index (χ1n) is 4.42. The number of carboxylic acid groups (broad SMARTS) is 1. The van der Waals surface area contributed by atoms with Crippen molar-refractivity contribution in [3.8, 4) is 0 Å². The van der Waals surface area contributed by atoms with Crippen LogP contribution in [0.5, 0.6) is 0 Å². The van der Waals surface area contributed by atoms with Gasteiger partial charge in [0.15, 0.2) is 11.6 Å². The van der Waals surface area contributed by atoms with Gasteiger partial charge in [-0.1, -0.05) is 0 Å². The van der Waals surface area contributed by atoms with Gasteiger partial charge in [-0.2, -0.15) is 0 Å². The van der Waals surface area contributed by atoms with E-state index in [4.69, 9.17) is 9.90 Å². The summed E-state index contributed by atoms with van der Waals surface area (Å²) in [6.45, 7) is 1.15. The summed E-state index contributed by atoms with van der Waals surface area (Å²) < 4.78 is 13.9. The predicted molar refractivity (Wildman–Crippen MR) is 62.4 cm³/mol. The van der Waals surface area contributed by atoms with Gasteiger partial charge in [-0.05, 0) is 22.9 Å². The number of hydrogen-bond acceptors (Lipinski definition) is 3. The van der Waals surface area contributed by atoms with Crippen LogP contribution in [0.3, 0.4) is 0 Å². The highest BCUT2D eigenvalue weighted by Gasteiger charge is 2.14. The monoisotopic (exact) mass is 302 g/mol. The zero-order chi connectivity index (χ0) is 13.0. The Hall–Kier alpha value is -1.76. The zero-order valence-corrected chi connectivity index (χ0v) is 10.3. The molecule has 2 aromatic heterocycles. The van der Waals surface area contributed by atoms with Gasteiger partial charge in [-0.25, -0.2) is 9.37 Å². The Bertz CT molecular complexity index is 568. The van der Waals surface area contributed by atoms with Gasteiger partial charge in [0.05, 0.1) is 17.1 Å². The molecule has 0 aromatic carbocycles. The minimum absolute atomic E-state index is 0.173. The maximum absolute atomic E-state index is 13.4. The van der Waals surface area contributed by atoms with Crippen LogP contribution in [-0.4, -0.2) is 27.3 Å². The molecule has 0 radical (unpaired) electrons. The van der Waals surface area contributed by atoms with Gasteiger partial charge in [0.25, 0.3) is 6.47 Å². The van der Waals surface area contributed by atoms with Gasteiger partial charge < -0.3 is 10.1 Å². The summed E-state index contributed by atoms with van der Waals surface area (Å²) in [5.74, 6) is -0.664. The van der Waals surface area contributed by atoms with E-state index in [-0.39, 0.29) is 12.3 Å². The van der Waals surface area contributed by atoms with E-state index in [1.807, 2.05) is 0 Å². The molecule has 0 atom stereocenters. The number of carbonyl (C=O) groups excluding carboxylic acids is 1. The van der Waals surface area contributed by atoms with E-state index in [0.717, 1.165) is 6.20 Å². The van der Waals surface area contributed by atoms with Crippen LogP contribution in [0, 0.1) is 5.82 Å². The predicted octanol–water partition coefficient (Wildman–Crippen LogP) is 2.37. The maximum Gasteiger partial charge on any atom is 0.290 e. The fourth-order valence-electron chi connectivity index (χ4n) is 1.35. The summed E-state index contributed by atoms with van der Waals surface area (Å²) in [6.07, 6.45) is 2.58. The first-order chi connectivity index (χ1) is 8.02. The molecule has 0 saturated heterocycles. The highest BCUT2D eigenvalue weighted by Crippen LogP contribution is 2.26. The molecule has 2 N–H and O–H groups in total. The van der Waals surface area contributed by atoms with Gasteiger partial charge in [-0.3, -0.25) is 9.59 Å². The highest BCUT2D eigenvalue weighted by molar-refractivity contribution is 9.10. The van der Waals surface area contributed by atoms with Gasteiger partial charge >= 0.3 is 0 Å². The lowest BCUT2D eigenvalue weighted by molar-refractivity contribution is -0.122. The van der Waals surface area contributed by atoms with Crippen molar-refractivity contribution in [3.05, 3.63) is 28.4 Å². The number of pyridine rings is 1. The Morgan fingerprint density at radius 3 is 2.76 bits per heavy atom. The second-order valence-corrected chi connectivity index (χ2v) is 3.76. The number of fused-ring (bicyclic) bond motifs is 1. The molecule has 0 aliphatic carbocycles. The molecule has 0 saturated carbocycles. The van der Waals surface area contributed by atoms with Crippen molar-refractivity contribution < 1.29 is 19.1 Å². The summed E-state index contributed by atoms with van der Waals surface area (Å²) in [5.41, 5.74) is 0.857. The van der Waals surface area contributed by atoms with E-state index in [2.05, 4.69) is 25.9 Å². The smallest absolute Gasteiger partial charge is 0.290 e. The van der Waals surface area contributed by atoms with E-state index < -0.39 is 5.82 Å². The van der Waals surface area contributed by atoms with Crippen molar-refractivity contribution in [1.82, 2.24) is 9.97 Å². The SMILES string of the molecule is CC(=O)c1c[nH]c2c(Br)ncc(F)c12.O=CO. The lowest BCUT2D eigenvalue weighted by Gasteiger charge is -1.96. The van der Waals surface area contributed by atoms with Crippen LogP contribution in [0.1, 0.15) is 17.3 Å². The number of nitrogens with one attached hydrogen (secondary N) is 1. The van der Waals surface area contributed by atoms with Crippen LogP contribution in [0.25, 0.3) is 10.9 Å². The Kier molecular flexibility index (Phi) is 4.33. The number of aromatic amines is 1. The summed E-state index contributed by atoms with van der Waals surface area (Å²) >= 11 is 3.17. The average molecular weight is 303 g/mol. The first-order valence-corrected chi connectivity index (χ1v) is 5.22. The van der Waals surface area contributed by atoms with Crippen molar-refractivity contribution in [1.29, 1.82) is 0 Å². The molecule has 0 bridgehead atoms. The molecule has 90 valence electrons. The van der Waals surface area contributed by atoms with Crippen LogP contribution in [0.2, 0.25) is 0 Å². The number of ketones is 1. The molecule has 0 spiro atoms. The summed E-state index contributed by atoms with van der Waals surface area (Å²) in [7, 11) is 0. The molecule has 2 aromatic rings. The summed E-state index contributed by atoms with van der Waals surface area (Å²) in [4.78, 5) is 26.1. The normalized spacial score (nSPS) is 9.59. The molecule has 0 amide bonds. The molecule has 0 aliphatic rings. The second-order valence-electron chi connectivity index (χ2n) is 3.01. The van der Waals surface area contributed by atoms with Gasteiger partial charge in [0.2, 0.25) is 0 Å². The van der Waals surface area contributed by atoms with Crippen LogP contribution in [-0.2, 0) is 4.79 Å². The number of Topliss-reactive ketones (excluding diaryl/α,β-unsaturated/α-hetero) is 1. The molecule has 5 nitrogen and oxygen atoms in total. The summed E-state index contributed by atoms with van der Waals surface area (Å²) in [5, 5.41) is 7.18. The van der Waals surface area contributed by atoms with Crippen LogP contribution < -0.4 is 0 Å². The van der Waals surface area contributed by atoms with Crippen molar-refractivity contribution in [2.45, 2.75) is 6.92 Å². The minimum Gasteiger partial charge on any atom is -0.483 e. The maximum atomic E-state index is 13.4. The van der Waals surface area contributed by atoms with Crippen molar-refractivity contribution in [2.24, 2.45) is 0 Å². The van der Waals surface area contributed by atoms with E-state index in [9.17, 15) is 9.18 Å². The zero-order valence-electron chi connectivity index (χ0n) is 8.70. The number of aromatic nitrogens is 2. The lowest BCUT2D eigenvalue weighted by Crippen LogP contribution is -1.92. The molecule has 0 unspecified atom stereocenters. The summed E-state index contributed by atoms with van der Waals surface area (Å²) in [6, 6.07) is 0. The fourth-order valence-corrected chi connectivity index (χ4v) is 1.77. The molecular formula is C10H8BrFN2O3. The largest absolute Gasteiger partial charge is 0.483 e. The van der Waals surface area contributed by atoms with Gasteiger partial charge in [0, 0.05) is 11.8 Å². The first kappa shape index (κ1) is 13.3. The van der Waals surface area contributed by atoms with E-state index >= 15 is 0 Å². The van der Waals surface area contributed by atoms with Gasteiger partial charge in [0.1, 0.15) is 4.60 Å². The van der Waals surface area contributed by atoms with Crippen LogP contribution in [0.4, 0.5) is 4.39 Å². The van der Waals surface area contributed by atoms with Crippen molar-refractivity contribution in [3.63, 3.8) is 0 Å². The average Bonchev–Trinajstić information content (AvgIpc) is 2.70. The Morgan fingerprint density at radius 2 is 2.24 bits per heavy atom. The Morgan fingerprint density at radius 1 is 1.65 bits per heavy atom. The third kappa shape index (κ3) is 2.68. The Balaban J connectivity index is 0.000000437. The molecule has 0 fully saturated rings. The number of nitrogens with zero attached hydrogens (tertiary/aromatic N) is 1. The molecule has 2 heterocycles. The van der Waals surface area contributed by atoms with Crippen LogP contribution in [0.15, 0.2) is 17.0 Å². The van der Waals surface area contributed by atoms with Crippen molar-refractivity contribution in [2.75, 3.05) is 0 Å². The van der Waals surface area contributed by atoms with Crippen molar-refractivity contribution >= 4 is 39.1 Å². The molecule has 2 rings (SSSR count). The molecular weight excluding hydrogens is 295 g/mol. The number of halogens is 2. The van der Waals surface area contributed by atoms with E-state index in [1.165, 1.54) is 13.1 Å². The second kappa shape index (κ2) is 5.53. The minimum atomic E-state index is -0.491.